The molecule has 0 radical (unpaired) electrons. The van der Waals surface area contributed by atoms with E-state index in [9.17, 15) is 14.4 Å². The maximum atomic E-state index is 15.3. The van der Waals surface area contributed by atoms with Gasteiger partial charge in [-0.05, 0) is 83.1 Å². The van der Waals surface area contributed by atoms with Crippen molar-refractivity contribution in [3.05, 3.63) is 78.7 Å². The number of nitrogens with one attached hydrogen (secondary N) is 2. The monoisotopic (exact) mass is 713 g/mol. The summed E-state index contributed by atoms with van der Waals surface area (Å²) < 4.78 is 38.7. The molecule has 0 bridgehead atoms. The van der Waals surface area contributed by atoms with Crippen molar-refractivity contribution in [2.24, 2.45) is 5.41 Å². The summed E-state index contributed by atoms with van der Waals surface area (Å²) in [5.74, 6) is -0.500. The number of nitrogens with zero attached hydrogens (tertiary/aromatic N) is 3. The van der Waals surface area contributed by atoms with Crippen molar-refractivity contribution in [1.82, 2.24) is 14.8 Å². The van der Waals surface area contributed by atoms with Crippen LogP contribution in [0.15, 0.2) is 72.9 Å². The molecule has 1 aromatic heterocycles. The zero-order valence-corrected chi connectivity index (χ0v) is 29.8. The molecule has 2 atom stereocenters. The zero-order valence-electron chi connectivity index (χ0n) is 29.8. The van der Waals surface area contributed by atoms with Crippen molar-refractivity contribution in [1.29, 1.82) is 0 Å². The molecule has 3 aromatic carbocycles. The molecule has 12 nitrogen and oxygen atoms in total. The Morgan fingerprint density at radius 2 is 1.71 bits per heavy atom. The fourth-order valence-electron chi connectivity index (χ4n) is 6.02. The first-order chi connectivity index (χ1) is 25.1. The van der Waals surface area contributed by atoms with E-state index in [2.05, 4.69) is 20.5 Å². The highest BCUT2D eigenvalue weighted by atomic mass is 19.1. The number of para-hydroxylation sites is 1. The molecule has 52 heavy (non-hydrogen) atoms. The molecule has 1 aliphatic carbocycles. The van der Waals surface area contributed by atoms with Gasteiger partial charge in [0, 0.05) is 54.7 Å². The number of esters is 1. The molecule has 2 amide bonds. The molecule has 1 saturated heterocycles. The van der Waals surface area contributed by atoms with Crippen LogP contribution in [0.25, 0.3) is 10.9 Å². The smallest absolute Gasteiger partial charge is 0.323 e. The Hall–Kier alpha value is -5.27. The van der Waals surface area contributed by atoms with Gasteiger partial charge in [0.25, 0.3) is 0 Å². The van der Waals surface area contributed by atoms with Crippen molar-refractivity contribution < 1.29 is 37.7 Å². The number of carbonyl (C=O) groups excluding carboxylic acids is 3. The largest absolute Gasteiger partial charge is 0.493 e. The first kappa shape index (κ1) is 36.5. The topological polar surface area (TPSA) is 132 Å². The number of halogens is 1. The van der Waals surface area contributed by atoms with E-state index in [1.807, 2.05) is 32.0 Å². The average Bonchev–Trinajstić information content (AvgIpc) is 3.84. The van der Waals surface area contributed by atoms with Crippen LogP contribution in [-0.4, -0.2) is 92.2 Å². The minimum absolute atomic E-state index is 0.0566. The number of hydrogen-bond donors (Lipinski definition) is 2. The summed E-state index contributed by atoms with van der Waals surface area (Å²) in [6, 6.07) is 17.9. The van der Waals surface area contributed by atoms with E-state index in [1.165, 1.54) is 19.2 Å². The summed E-state index contributed by atoms with van der Waals surface area (Å²) in [5.41, 5.74) is 0.180. The molecular formula is C39H44FN5O7. The lowest BCUT2D eigenvalue weighted by atomic mass is 10.0. The normalized spacial score (nSPS) is 17.0. The molecule has 274 valence electrons. The molecule has 1 aliphatic heterocycles. The van der Waals surface area contributed by atoms with Crippen molar-refractivity contribution in [2.75, 3.05) is 58.1 Å². The highest BCUT2D eigenvalue weighted by Gasteiger charge is 2.56. The second-order valence-electron chi connectivity index (χ2n) is 13.4. The third-order valence-corrected chi connectivity index (χ3v) is 9.55. The lowest BCUT2D eigenvalue weighted by Gasteiger charge is -2.21. The van der Waals surface area contributed by atoms with E-state index in [1.54, 1.807) is 48.7 Å². The molecule has 2 aliphatic rings. The van der Waals surface area contributed by atoms with E-state index in [4.69, 9.17) is 18.9 Å². The number of amides is 2. The molecule has 2 heterocycles. The van der Waals surface area contributed by atoms with Gasteiger partial charge < -0.3 is 29.6 Å². The minimum Gasteiger partial charge on any atom is -0.493 e. The van der Waals surface area contributed by atoms with Crippen LogP contribution in [0.1, 0.15) is 32.6 Å². The SMILES string of the molecule is COc1cc2c(Oc3ccc(NC(=O)C4(C(=O)Nc5ccccc5)CC4)cc3F)ccnc2cc1OCCCN1CCC(OC(=O)C(C)N(C)C)C1. The predicted molar refractivity (Wildman–Crippen MR) is 194 cm³/mol. The average molecular weight is 714 g/mol. The Bertz CT molecular complexity index is 1920. The van der Waals surface area contributed by atoms with Gasteiger partial charge in [-0.2, -0.15) is 0 Å². The molecule has 2 N–H and O–H groups in total. The summed E-state index contributed by atoms with van der Waals surface area (Å²) >= 11 is 0. The van der Waals surface area contributed by atoms with Gasteiger partial charge in [0.1, 0.15) is 23.3 Å². The number of aromatic nitrogens is 1. The Kier molecular flexibility index (Phi) is 11.2. The first-order valence-corrected chi connectivity index (χ1v) is 17.4. The Labute approximate surface area is 302 Å². The van der Waals surface area contributed by atoms with E-state index in [-0.39, 0.29) is 29.6 Å². The van der Waals surface area contributed by atoms with Gasteiger partial charge in [-0.1, -0.05) is 18.2 Å². The number of carbonyl (C=O) groups is 3. The number of likely N-dealkylation sites (tertiary alicyclic amines) is 1. The molecule has 6 rings (SSSR count). The Morgan fingerprint density at radius 1 is 0.962 bits per heavy atom. The van der Waals surface area contributed by atoms with Crippen LogP contribution in [0.5, 0.6) is 23.0 Å². The number of likely N-dealkylation sites (N-methyl/N-ethyl adjacent to an activating group) is 1. The van der Waals surface area contributed by atoms with E-state index >= 15 is 4.39 Å². The molecule has 4 aromatic rings. The maximum absolute atomic E-state index is 15.3. The van der Waals surface area contributed by atoms with Gasteiger partial charge in [-0.15, -0.1) is 0 Å². The molecule has 2 unspecified atom stereocenters. The number of benzene rings is 3. The number of methoxy groups -OCH3 is 1. The third kappa shape index (κ3) is 8.43. The number of pyridine rings is 1. The zero-order chi connectivity index (χ0) is 36.8. The third-order valence-electron chi connectivity index (χ3n) is 9.55. The van der Waals surface area contributed by atoms with Gasteiger partial charge in [0.15, 0.2) is 23.1 Å². The summed E-state index contributed by atoms with van der Waals surface area (Å²) in [7, 11) is 5.25. The summed E-state index contributed by atoms with van der Waals surface area (Å²) in [6.07, 6.45) is 3.83. The van der Waals surface area contributed by atoms with Crippen LogP contribution >= 0.6 is 0 Å². The minimum atomic E-state index is -1.20. The number of fused-ring (bicyclic) bond motifs is 1. The van der Waals surface area contributed by atoms with Gasteiger partial charge in [-0.3, -0.25) is 29.2 Å². The van der Waals surface area contributed by atoms with Crippen molar-refractivity contribution in [3.8, 4) is 23.0 Å². The van der Waals surface area contributed by atoms with Crippen LogP contribution in [0, 0.1) is 11.2 Å². The lowest BCUT2D eigenvalue weighted by Crippen LogP contribution is -2.37. The van der Waals surface area contributed by atoms with Crippen LogP contribution in [0.4, 0.5) is 15.8 Å². The Balaban J connectivity index is 1.04. The number of rotatable bonds is 15. The fraction of sp³-hybridized carbons (Fsp3) is 0.385. The van der Waals surface area contributed by atoms with Crippen LogP contribution in [0.3, 0.4) is 0 Å². The van der Waals surface area contributed by atoms with Gasteiger partial charge in [0.05, 0.1) is 19.2 Å². The van der Waals surface area contributed by atoms with E-state index in [0.717, 1.165) is 32.0 Å². The summed E-state index contributed by atoms with van der Waals surface area (Å²) in [5, 5.41) is 6.06. The van der Waals surface area contributed by atoms with Crippen molar-refractivity contribution in [3.63, 3.8) is 0 Å². The van der Waals surface area contributed by atoms with Gasteiger partial charge in [-0.25, -0.2) is 4.39 Å². The second kappa shape index (κ2) is 16.0. The second-order valence-corrected chi connectivity index (χ2v) is 13.4. The maximum Gasteiger partial charge on any atom is 0.323 e. The molecule has 1 saturated carbocycles. The van der Waals surface area contributed by atoms with Crippen LogP contribution in [0.2, 0.25) is 0 Å². The predicted octanol–water partition coefficient (Wildman–Crippen LogP) is 5.87. The molecular weight excluding hydrogens is 669 g/mol. The standard InChI is InChI=1S/C39H44FN5O7/c1-25(44(2)3)36(46)51-28-14-19-45(24-28)18-8-20-50-35-23-31-29(22-34(35)49-4)32(13-17-41-31)52-33-12-11-27(21-30(33)40)43-38(48)39(15-16-39)37(47)42-26-9-6-5-7-10-26/h5-7,9-13,17,21-23,25,28H,8,14-16,18-20,24H2,1-4H3,(H,42,47)(H,43,48). The molecule has 0 spiro atoms. The van der Waals surface area contributed by atoms with Gasteiger partial charge >= 0.3 is 5.97 Å². The van der Waals surface area contributed by atoms with Crippen LogP contribution < -0.4 is 24.8 Å². The van der Waals surface area contributed by atoms with Gasteiger partial charge in [0.2, 0.25) is 11.8 Å². The molecule has 13 heteroatoms. The number of hydrogen-bond acceptors (Lipinski definition) is 10. The van der Waals surface area contributed by atoms with Crippen molar-refractivity contribution in [2.45, 2.75) is 44.8 Å². The van der Waals surface area contributed by atoms with E-state index in [0.29, 0.717) is 59.8 Å². The number of anilines is 2. The first-order valence-electron chi connectivity index (χ1n) is 17.4. The summed E-state index contributed by atoms with van der Waals surface area (Å²) in [6.45, 7) is 4.62. The van der Waals surface area contributed by atoms with Crippen LogP contribution in [-0.2, 0) is 19.1 Å². The highest BCUT2D eigenvalue weighted by molar-refractivity contribution is 6.16. The number of ether oxygens (including phenoxy) is 4. The Morgan fingerprint density at radius 3 is 2.40 bits per heavy atom. The molecule has 2 fully saturated rings. The quantitative estimate of drug-likeness (QED) is 0.0877. The summed E-state index contributed by atoms with van der Waals surface area (Å²) in [4.78, 5) is 46.9. The lowest BCUT2D eigenvalue weighted by molar-refractivity contribution is -0.153. The fourth-order valence-corrected chi connectivity index (χ4v) is 6.02. The van der Waals surface area contributed by atoms with Crippen molar-refractivity contribution >= 4 is 40.1 Å². The highest BCUT2D eigenvalue weighted by Crippen LogP contribution is 2.47. The van der Waals surface area contributed by atoms with E-state index < -0.39 is 23.0 Å².